The molecule has 1 unspecified atom stereocenters. The maximum Gasteiger partial charge on any atom is 0.326 e. The highest BCUT2D eigenvalue weighted by molar-refractivity contribution is 7.09. The second-order valence-corrected chi connectivity index (χ2v) is 6.58. The second-order valence-electron chi connectivity index (χ2n) is 5.64. The predicted octanol–water partition coefficient (Wildman–Crippen LogP) is 2.81. The third-order valence-corrected chi connectivity index (χ3v) is 4.87. The van der Waals surface area contributed by atoms with Crippen molar-refractivity contribution in [2.24, 2.45) is 0 Å². The van der Waals surface area contributed by atoms with Crippen molar-refractivity contribution < 1.29 is 14.7 Å². The minimum Gasteiger partial charge on any atom is -0.480 e. The van der Waals surface area contributed by atoms with Crippen LogP contribution in [0.2, 0.25) is 0 Å². The van der Waals surface area contributed by atoms with Gasteiger partial charge in [-0.3, -0.25) is 4.79 Å². The molecule has 1 fully saturated rings. The summed E-state index contributed by atoms with van der Waals surface area (Å²) in [6.07, 6.45) is 2.89. The van der Waals surface area contributed by atoms with Gasteiger partial charge in [-0.25, -0.2) is 9.78 Å². The van der Waals surface area contributed by atoms with Crippen LogP contribution in [0, 0.1) is 0 Å². The molecule has 2 heterocycles. The highest BCUT2D eigenvalue weighted by Gasteiger charge is 2.33. The number of rotatable bonds is 4. The fraction of sp³-hybridized carbons (Fsp3) is 0.353. The largest absolute Gasteiger partial charge is 0.480 e. The number of hydrogen-bond acceptors (Lipinski definition) is 4. The molecule has 1 N–H and O–H groups in total. The van der Waals surface area contributed by atoms with Crippen LogP contribution in [-0.2, 0) is 11.2 Å². The zero-order valence-electron chi connectivity index (χ0n) is 12.6. The van der Waals surface area contributed by atoms with Crippen molar-refractivity contribution in [1.82, 2.24) is 9.88 Å². The van der Waals surface area contributed by atoms with Crippen LogP contribution >= 0.6 is 11.3 Å². The molecule has 5 nitrogen and oxygen atoms in total. The van der Waals surface area contributed by atoms with E-state index in [2.05, 4.69) is 4.98 Å². The van der Waals surface area contributed by atoms with Crippen LogP contribution in [0.3, 0.4) is 0 Å². The molecule has 0 bridgehead atoms. The molecule has 1 aliphatic rings. The Morgan fingerprint density at radius 1 is 1.26 bits per heavy atom. The summed E-state index contributed by atoms with van der Waals surface area (Å²) >= 11 is 1.44. The Labute approximate surface area is 138 Å². The first kappa shape index (κ1) is 15.7. The van der Waals surface area contributed by atoms with Gasteiger partial charge in [-0.15, -0.1) is 11.3 Å². The number of aliphatic carboxylic acids is 1. The molecule has 120 valence electrons. The number of carbonyl (C=O) groups is 2. The summed E-state index contributed by atoms with van der Waals surface area (Å²) < 4.78 is 0. The minimum absolute atomic E-state index is 0.271. The third-order valence-electron chi connectivity index (χ3n) is 4.02. The van der Waals surface area contributed by atoms with Crippen LogP contribution in [0.4, 0.5) is 0 Å². The van der Waals surface area contributed by atoms with Crippen molar-refractivity contribution in [3.05, 3.63) is 52.0 Å². The summed E-state index contributed by atoms with van der Waals surface area (Å²) in [7, 11) is 0. The normalized spacial score (nSPS) is 17.9. The average molecular weight is 330 g/mol. The fourth-order valence-corrected chi connectivity index (χ4v) is 3.64. The fourth-order valence-electron chi connectivity index (χ4n) is 2.84. The molecule has 1 aromatic carbocycles. The lowest BCUT2D eigenvalue weighted by Crippen LogP contribution is -2.48. The van der Waals surface area contributed by atoms with Gasteiger partial charge in [0, 0.05) is 18.3 Å². The first-order valence-electron chi connectivity index (χ1n) is 7.67. The third kappa shape index (κ3) is 3.59. The molecule has 3 rings (SSSR count). The van der Waals surface area contributed by atoms with Gasteiger partial charge < -0.3 is 10.0 Å². The number of likely N-dealkylation sites (tertiary alicyclic amines) is 1. The summed E-state index contributed by atoms with van der Waals surface area (Å²) in [5.41, 5.74) is 1.50. The highest BCUT2D eigenvalue weighted by atomic mass is 32.1. The average Bonchev–Trinajstić information content (AvgIpc) is 3.03. The molecule has 1 aromatic heterocycles. The number of aromatic nitrogens is 1. The highest BCUT2D eigenvalue weighted by Crippen LogP contribution is 2.22. The maximum atomic E-state index is 12.6. The molecule has 0 spiro atoms. The number of carboxylic acids is 1. The number of thiazole rings is 1. The Bertz CT molecular complexity index is 699. The molecule has 0 aliphatic carbocycles. The number of carbonyl (C=O) groups excluding carboxylic acids is 1. The van der Waals surface area contributed by atoms with Crippen molar-refractivity contribution in [2.45, 2.75) is 31.7 Å². The lowest BCUT2D eigenvalue weighted by atomic mass is 10.0. The number of hydrogen-bond donors (Lipinski definition) is 1. The van der Waals surface area contributed by atoms with Crippen LogP contribution < -0.4 is 0 Å². The van der Waals surface area contributed by atoms with Gasteiger partial charge in [-0.2, -0.15) is 0 Å². The summed E-state index contributed by atoms with van der Waals surface area (Å²) in [5.74, 6) is -1.20. The van der Waals surface area contributed by atoms with Crippen molar-refractivity contribution in [1.29, 1.82) is 0 Å². The first-order valence-corrected chi connectivity index (χ1v) is 8.55. The van der Waals surface area contributed by atoms with Crippen LogP contribution in [0.15, 0.2) is 35.7 Å². The number of piperidine rings is 1. The minimum atomic E-state index is -0.933. The Hall–Kier alpha value is -2.21. The van der Waals surface area contributed by atoms with E-state index >= 15 is 0 Å². The summed E-state index contributed by atoms with van der Waals surface area (Å²) in [6.45, 7) is 0.487. The molecular formula is C17H18N2O3S. The molecule has 1 amide bonds. The number of nitrogens with zero attached hydrogens (tertiary/aromatic N) is 2. The number of amides is 1. The van der Waals surface area contributed by atoms with Gasteiger partial charge in [0.05, 0.1) is 5.01 Å². The predicted molar refractivity (Wildman–Crippen MR) is 87.7 cm³/mol. The molecule has 23 heavy (non-hydrogen) atoms. The molecule has 1 aliphatic heterocycles. The summed E-state index contributed by atoms with van der Waals surface area (Å²) in [6, 6.07) is 9.22. The second kappa shape index (κ2) is 6.91. The summed E-state index contributed by atoms with van der Waals surface area (Å²) in [4.78, 5) is 29.8. The van der Waals surface area contributed by atoms with Gasteiger partial charge in [0.2, 0.25) is 0 Å². The maximum absolute atomic E-state index is 12.6. The van der Waals surface area contributed by atoms with Gasteiger partial charge in [0.25, 0.3) is 5.91 Å². The van der Waals surface area contributed by atoms with Crippen LogP contribution in [0.1, 0.15) is 40.3 Å². The number of carboxylic acid groups (broad SMARTS) is 1. The van der Waals surface area contributed by atoms with E-state index in [9.17, 15) is 14.7 Å². The molecule has 0 radical (unpaired) electrons. The van der Waals surface area contributed by atoms with E-state index in [1.807, 2.05) is 30.3 Å². The zero-order valence-corrected chi connectivity index (χ0v) is 13.5. The quantitative estimate of drug-likeness (QED) is 0.936. The van der Waals surface area contributed by atoms with Crippen molar-refractivity contribution >= 4 is 23.2 Å². The monoisotopic (exact) mass is 330 g/mol. The standard InChI is InChI=1S/C17H18N2O3S/c20-16(19-9-5-4-8-14(19)17(21)22)13-11-23-15(18-13)10-12-6-2-1-3-7-12/h1-3,6-7,11,14H,4-5,8-10H2,(H,21,22). The van der Waals surface area contributed by atoms with Crippen LogP contribution in [0.25, 0.3) is 0 Å². The molecule has 6 heteroatoms. The Kier molecular flexibility index (Phi) is 4.71. The van der Waals surface area contributed by atoms with Gasteiger partial charge in [-0.1, -0.05) is 30.3 Å². The molecular weight excluding hydrogens is 312 g/mol. The van der Waals surface area contributed by atoms with Crippen LogP contribution in [0.5, 0.6) is 0 Å². The lowest BCUT2D eigenvalue weighted by molar-refractivity contribution is -0.143. The van der Waals surface area contributed by atoms with E-state index < -0.39 is 12.0 Å². The SMILES string of the molecule is O=C(O)C1CCCCN1C(=O)c1csc(Cc2ccccc2)n1. The van der Waals surface area contributed by atoms with E-state index in [0.29, 0.717) is 25.1 Å². The van der Waals surface area contributed by atoms with Gasteiger partial charge in [-0.05, 0) is 24.8 Å². The number of benzene rings is 1. The van der Waals surface area contributed by atoms with E-state index in [0.717, 1.165) is 23.4 Å². The Morgan fingerprint density at radius 2 is 2.04 bits per heavy atom. The summed E-state index contributed by atoms with van der Waals surface area (Å²) in [5, 5.41) is 11.9. The van der Waals surface area contributed by atoms with Crippen molar-refractivity contribution in [3.8, 4) is 0 Å². The topological polar surface area (TPSA) is 70.5 Å². The van der Waals surface area contributed by atoms with Gasteiger partial charge in [0.1, 0.15) is 11.7 Å². The first-order chi connectivity index (χ1) is 11.1. The van der Waals surface area contributed by atoms with Crippen molar-refractivity contribution in [2.75, 3.05) is 6.54 Å². The molecule has 1 atom stereocenters. The van der Waals surface area contributed by atoms with E-state index in [4.69, 9.17) is 0 Å². The lowest BCUT2D eigenvalue weighted by Gasteiger charge is -2.32. The van der Waals surface area contributed by atoms with E-state index in [1.165, 1.54) is 16.2 Å². The van der Waals surface area contributed by atoms with Crippen molar-refractivity contribution in [3.63, 3.8) is 0 Å². The van der Waals surface area contributed by atoms with E-state index in [1.54, 1.807) is 5.38 Å². The zero-order chi connectivity index (χ0) is 16.2. The Morgan fingerprint density at radius 3 is 2.78 bits per heavy atom. The molecule has 2 aromatic rings. The van der Waals surface area contributed by atoms with Gasteiger partial charge >= 0.3 is 5.97 Å². The molecule has 1 saturated heterocycles. The smallest absolute Gasteiger partial charge is 0.326 e. The van der Waals surface area contributed by atoms with E-state index in [-0.39, 0.29) is 5.91 Å². The molecule has 0 saturated carbocycles. The van der Waals surface area contributed by atoms with Gasteiger partial charge in [0.15, 0.2) is 0 Å². The van der Waals surface area contributed by atoms with Crippen LogP contribution in [-0.4, -0.2) is 39.5 Å². The Balaban J connectivity index is 1.74.